The topological polar surface area (TPSA) is 89.8 Å². The maximum absolute atomic E-state index is 12.3. The van der Waals surface area contributed by atoms with Gasteiger partial charge >= 0.3 is 0 Å². The Bertz CT molecular complexity index is 516. The van der Waals surface area contributed by atoms with Crippen LogP contribution in [0.5, 0.6) is 0 Å². The summed E-state index contributed by atoms with van der Waals surface area (Å²) < 4.78 is 0. The Morgan fingerprint density at radius 3 is 1.20 bits per heavy atom. The van der Waals surface area contributed by atoms with Crippen molar-refractivity contribution < 1.29 is 20.1 Å². The molecule has 0 rings (SSSR count). The molecule has 0 saturated heterocycles. The summed E-state index contributed by atoms with van der Waals surface area (Å²) in [6.07, 6.45) is 31.9. The van der Waals surface area contributed by atoms with Crippen molar-refractivity contribution in [3.8, 4) is 0 Å². The molecule has 40 heavy (non-hydrogen) atoms. The van der Waals surface area contributed by atoms with Gasteiger partial charge in [-0.25, -0.2) is 0 Å². The third-order valence-electron chi connectivity index (χ3n) is 8.46. The van der Waals surface area contributed by atoms with Crippen LogP contribution in [0.15, 0.2) is 0 Å². The Morgan fingerprint density at radius 1 is 0.525 bits per heavy atom. The van der Waals surface area contributed by atoms with Crippen molar-refractivity contribution in [1.29, 1.82) is 0 Å². The van der Waals surface area contributed by atoms with Crippen molar-refractivity contribution in [3.63, 3.8) is 0 Å². The lowest BCUT2D eigenvalue weighted by Crippen LogP contribution is -2.50. The Hall–Kier alpha value is -0.650. The summed E-state index contributed by atoms with van der Waals surface area (Å²) in [4.78, 5) is 12.3. The predicted octanol–water partition coefficient (Wildman–Crippen LogP) is 9.15. The fourth-order valence-electron chi connectivity index (χ4n) is 5.63. The van der Waals surface area contributed by atoms with Crippen LogP contribution in [0.25, 0.3) is 0 Å². The average Bonchev–Trinajstić information content (AvgIpc) is 2.96. The largest absolute Gasteiger partial charge is 0.394 e. The monoisotopic (exact) mass is 570 g/mol. The molecule has 0 radical (unpaired) electrons. The second-order valence-electron chi connectivity index (χ2n) is 12.4. The van der Waals surface area contributed by atoms with Gasteiger partial charge in [-0.15, -0.1) is 0 Å². The molecule has 0 aromatic heterocycles. The van der Waals surface area contributed by atoms with Crippen molar-refractivity contribution in [2.75, 3.05) is 6.61 Å². The van der Waals surface area contributed by atoms with E-state index in [1.807, 2.05) is 0 Å². The third-order valence-corrected chi connectivity index (χ3v) is 8.46. The number of amides is 1. The predicted molar refractivity (Wildman–Crippen MR) is 172 cm³/mol. The van der Waals surface area contributed by atoms with E-state index in [0.29, 0.717) is 12.8 Å². The molecule has 0 fully saturated rings. The smallest absolute Gasteiger partial charge is 0.220 e. The Morgan fingerprint density at radius 2 is 0.850 bits per heavy atom. The number of unbranched alkanes of at least 4 members (excludes halogenated alkanes) is 24. The van der Waals surface area contributed by atoms with Gasteiger partial charge in [0.05, 0.1) is 18.8 Å². The van der Waals surface area contributed by atoms with E-state index >= 15 is 0 Å². The second kappa shape index (κ2) is 31.3. The SMILES string of the molecule is CCCCCCCCCCCCCCCC[C@@H](O)[C@@H](O)[C@H](CO)NC(=O)CCCCCCCCCCCCCC. The van der Waals surface area contributed by atoms with Crippen LogP contribution in [0.2, 0.25) is 0 Å². The van der Waals surface area contributed by atoms with Gasteiger partial charge < -0.3 is 20.6 Å². The maximum Gasteiger partial charge on any atom is 0.220 e. The summed E-state index contributed by atoms with van der Waals surface area (Å²) in [5, 5.41) is 33.3. The van der Waals surface area contributed by atoms with Gasteiger partial charge in [0.1, 0.15) is 6.10 Å². The standard InChI is InChI=1S/C35H71NO4/c1-3-5-7-9-11-13-15-17-18-19-21-23-25-27-29-33(38)35(40)32(31-37)36-34(39)30-28-26-24-22-20-16-14-12-10-8-6-4-2/h32-33,35,37-38,40H,3-31H2,1-2H3,(H,36,39)/t32-,33+,35-/m0/s1. The lowest BCUT2D eigenvalue weighted by Gasteiger charge is -2.26. The van der Waals surface area contributed by atoms with Crippen molar-refractivity contribution in [2.45, 2.75) is 212 Å². The number of hydrogen-bond donors (Lipinski definition) is 4. The van der Waals surface area contributed by atoms with Crippen LogP contribution in [0.3, 0.4) is 0 Å². The van der Waals surface area contributed by atoms with E-state index in [-0.39, 0.29) is 12.5 Å². The minimum absolute atomic E-state index is 0.145. The Labute approximate surface area is 249 Å². The molecule has 5 heteroatoms. The van der Waals surface area contributed by atoms with Gasteiger partial charge in [-0.2, -0.15) is 0 Å². The number of carbonyl (C=O) groups excluding carboxylic acids is 1. The highest BCUT2D eigenvalue weighted by atomic mass is 16.3. The Balaban J connectivity index is 3.68. The molecular weight excluding hydrogens is 498 g/mol. The molecule has 0 aromatic carbocycles. The molecule has 0 bridgehead atoms. The van der Waals surface area contributed by atoms with Gasteiger partial charge in [-0.05, 0) is 12.8 Å². The molecule has 0 aliphatic carbocycles. The first-order valence-electron chi connectivity index (χ1n) is 17.8. The quantitative estimate of drug-likeness (QED) is 0.0608. The van der Waals surface area contributed by atoms with Crippen LogP contribution in [-0.2, 0) is 4.79 Å². The molecule has 3 atom stereocenters. The molecule has 0 aliphatic heterocycles. The first kappa shape index (κ1) is 39.4. The van der Waals surface area contributed by atoms with E-state index in [2.05, 4.69) is 19.2 Å². The van der Waals surface area contributed by atoms with Crippen molar-refractivity contribution in [2.24, 2.45) is 0 Å². The van der Waals surface area contributed by atoms with Crippen LogP contribution in [-0.4, -0.2) is 46.1 Å². The molecule has 4 N–H and O–H groups in total. The summed E-state index contributed by atoms with van der Waals surface area (Å²) in [5.74, 6) is -0.145. The zero-order chi connectivity index (χ0) is 29.5. The number of aliphatic hydroxyl groups is 3. The summed E-state index contributed by atoms with van der Waals surface area (Å²) in [7, 11) is 0. The van der Waals surface area contributed by atoms with Crippen LogP contribution in [0.1, 0.15) is 194 Å². The Kier molecular flexibility index (Phi) is 30.8. The van der Waals surface area contributed by atoms with E-state index in [1.165, 1.54) is 135 Å². The van der Waals surface area contributed by atoms with Gasteiger partial charge in [0, 0.05) is 6.42 Å². The maximum atomic E-state index is 12.3. The molecule has 0 aliphatic rings. The van der Waals surface area contributed by atoms with Crippen LogP contribution in [0, 0.1) is 0 Å². The van der Waals surface area contributed by atoms with E-state index < -0.39 is 18.2 Å². The number of rotatable bonds is 32. The highest BCUT2D eigenvalue weighted by Gasteiger charge is 2.26. The molecular formula is C35H71NO4. The normalized spacial score (nSPS) is 13.8. The lowest BCUT2D eigenvalue weighted by atomic mass is 9.99. The molecule has 0 aromatic rings. The molecule has 0 spiro atoms. The summed E-state index contributed by atoms with van der Waals surface area (Å²) in [6.45, 7) is 4.16. The summed E-state index contributed by atoms with van der Waals surface area (Å²) >= 11 is 0. The molecule has 240 valence electrons. The minimum atomic E-state index is -1.13. The van der Waals surface area contributed by atoms with E-state index in [9.17, 15) is 20.1 Å². The van der Waals surface area contributed by atoms with Gasteiger partial charge in [-0.1, -0.05) is 174 Å². The first-order chi connectivity index (χ1) is 19.6. The average molecular weight is 570 g/mol. The number of carbonyl (C=O) groups is 1. The van der Waals surface area contributed by atoms with Gasteiger partial charge in [0.15, 0.2) is 0 Å². The first-order valence-corrected chi connectivity index (χ1v) is 17.8. The molecule has 0 heterocycles. The second-order valence-corrected chi connectivity index (χ2v) is 12.4. The summed E-state index contributed by atoms with van der Waals surface area (Å²) in [6, 6.07) is -0.800. The lowest BCUT2D eigenvalue weighted by molar-refractivity contribution is -0.124. The van der Waals surface area contributed by atoms with E-state index in [0.717, 1.165) is 32.1 Å². The van der Waals surface area contributed by atoms with Crippen molar-refractivity contribution >= 4 is 5.91 Å². The number of nitrogens with one attached hydrogen (secondary N) is 1. The zero-order valence-electron chi connectivity index (χ0n) is 27.0. The summed E-state index contributed by atoms with van der Waals surface area (Å²) in [5.41, 5.74) is 0. The molecule has 0 saturated carbocycles. The van der Waals surface area contributed by atoms with Crippen molar-refractivity contribution in [3.05, 3.63) is 0 Å². The minimum Gasteiger partial charge on any atom is -0.394 e. The fraction of sp³-hybridized carbons (Fsp3) is 0.971. The molecule has 5 nitrogen and oxygen atoms in total. The zero-order valence-corrected chi connectivity index (χ0v) is 27.0. The van der Waals surface area contributed by atoms with Gasteiger partial charge in [-0.3, -0.25) is 4.79 Å². The molecule has 0 unspecified atom stereocenters. The highest BCUT2D eigenvalue weighted by Crippen LogP contribution is 2.16. The van der Waals surface area contributed by atoms with Crippen molar-refractivity contribution in [1.82, 2.24) is 5.32 Å². The fourth-order valence-corrected chi connectivity index (χ4v) is 5.63. The van der Waals surface area contributed by atoms with Crippen LogP contribution >= 0.6 is 0 Å². The van der Waals surface area contributed by atoms with E-state index in [1.54, 1.807) is 0 Å². The van der Waals surface area contributed by atoms with E-state index in [4.69, 9.17) is 0 Å². The van der Waals surface area contributed by atoms with Crippen LogP contribution < -0.4 is 5.32 Å². The van der Waals surface area contributed by atoms with Gasteiger partial charge in [0.2, 0.25) is 5.91 Å². The molecule has 1 amide bonds. The van der Waals surface area contributed by atoms with Crippen LogP contribution in [0.4, 0.5) is 0 Å². The third kappa shape index (κ3) is 26.3. The number of hydrogen-bond acceptors (Lipinski definition) is 4. The van der Waals surface area contributed by atoms with Gasteiger partial charge in [0.25, 0.3) is 0 Å². The number of aliphatic hydroxyl groups excluding tert-OH is 3. The highest BCUT2D eigenvalue weighted by molar-refractivity contribution is 5.76.